The maximum absolute atomic E-state index is 12.7. The van der Waals surface area contributed by atoms with Crippen LogP contribution in [0.3, 0.4) is 0 Å². The molecule has 0 spiro atoms. The molecule has 0 saturated carbocycles. The van der Waals surface area contributed by atoms with Crippen LogP contribution in [-0.2, 0) is 15.1 Å². The molecule has 1 saturated heterocycles. The van der Waals surface area contributed by atoms with Crippen molar-refractivity contribution in [1.82, 2.24) is 15.6 Å². The lowest BCUT2D eigenvalue weighted by atomic mass is 9.93. The fourth-order valence-corrected chi connectivity index (χ4v) is 3.18. The van der Waals surface area contributed by atoms with E-state index in [1.54, 1.807) is 0 Å². The summed E-state index contributed by atoms with van der Waals surface area (Å²) in [5, 5.41) is 8.58. The molecule has 3 rings (SSSR count). The molecule has 128 valence electrons. The summed E-state index contributed by atoms with van der Waals surface area (Å²) >= 11 is 0. The van der Waals surface area contributed by atoms with Gasteiger partial charge in [0, 0.05) is 17.6 Å². The minimum absolute atomic E-state index is 0.0731. The van der Waals surface area contributed by atoms with Crippen molar-refractivity contribution in [1.29, 1.82) is 0 Å². The first-order valence-corrected chi connectivity index (χ1v) is 8.48. The van der Waals surface area contributed by atoms with Gasteiger partial charge in [0.15, 0.2) is 0 Å². The molecule has 2 aromatic rings. The van der Waals surface area contributed by atoms with E-state index in [2.05, 4.69) is 28.8 Å². The molecule has 1 atom stereocenters. The molecule has 5 nitrogen and oxygen atoms in total. The molecule has 0 radical (unpaired) electrons. The second kappa shape index (κ2) is 6.87. The minimum Gasteiger partial charge on any atom is -0.367 e. The number of rotatable bonds is 3. The molecule has 5 heteroatoms. The van der Waals surface area contributed by atoms with Gasteiger partial charge in [-0.05, 0) is 45.2 Å². The summed E-state index contributed by atoms with van der Waals surface area (Å²) in [6, 6.07) is 10.2. The molecular weight excluding hydrogens is 302 g/mol. The number of carbonyl (C=O) groups is 1. The smallest absolute Gasteiger partial charge is 0.249 e. The van der Waals surface area contributed by atoms with Crippen LogP contribution in [-0.4, -0.2) is 36.7 Å². The Morgan fingerprint density at radius 2 is 2.12 bits per heavy atom. The van der Waals surface area contributed by atoms with E-state index >= 15 is 0 Å². The van der Waals surface area contributed by atoms with Gasteiger partial charge in [0.2, 0.25) is 5.91 Å². The Morgan fingerprint density at radius 3 is 2.96 bits per heavy atom. The summed E-state index contributed by atoms with van der Waals surface area (Å²) in [6.07, 6.45) is 0.277. The topological polar surface area (TPSA) is 63.2 Å². The summed E-state index contributed by atoms with van der Waals surface area (Å²) in [5.74, 6) is -0.0731. The predicted octanol–water partition coefficient (Wildman–Crippen LogP) is 2.27. The zero-order chi connectivity index (χ0) is 17.2. The second-order valence-corrected chi connectivity index (χ2v) is 6.85. The number of hydrogen-bond donors (Lipinski definition) is 2. The van der Waals surface area contributed by atoms with Crippen LogP contribution in [0.2, 0.25) is 0 Å². The van der Waals surface area contributed by atoms with Crippen LogP contribution in [0.25, 0.3) is 10.8 Å². The number of hydrogen-bond acceptors (Lipinski definition) is 4. The molecule has 0 aliphatic carbocycles. The van der Waals surface area contributed by atoms with Gasteiger partial charge in [0.1, 0.15) is 6.10 Å². The molecule has 1 amide bonds. The second-order valence-electron chi connectivity index (χ2n) is 6.85. The van der Waals surface area contributed by atoms with Crippen LogP contribution in [0, 0.1) is 6.92 Å². The highest BCUT2D eigenvalue weighted by atomic mass is 16.5. The summed E-state index contributed by atoms with van der Waals surface area (Å²) in [5.41, 5.74) is 1.25. The Labute approximate surface area is 142 Å². The summed E-state index contributed by atoms with van der Waals surface area (Å²) in [4.78, 5) is 17.4. The maximum atomic E-state index is 12.7. The van der Waals surface area contributed by atoms with E-state index in [1.165, 1.54) is 0 Å². The lowest BCUT2D eigenvalue weighted by Gasteiger charge is -2.29. The van der Waals surface area contributed by atoms with Crippen LogP contribution in [0.1, 0.15) is 31.7 Å². The van der Waals surface area contributed by atoms with Crippen LogP contribution in [0.4, 0.5) is 0 Å². The van der Waals surface area contributed by atoms with Crippen molar-refractivity contribution in [2.75, 3.05) is 19.7 Å². The average Bonchev–Trinajstić information content (AvgIpc) is 2.83. The summed E-state index contributed by atoms with van der Waals surface area (Å²) < 4.78 is 5.66. The fourth-order valence-electron chi connectivity index (χ4n) is 3.18. The number of nitrogens with one attached hydrogen (secondary N) is 2. The van der Waals surface area contributed by atoms with Gasteiger partial charge in [0.25, 0.3) is 0 Å². The number of aromatic nitrogens is 1. The normalized spacial score (nSPS) is 19.0. The number of amides is 1. The zero-order valence-electron chi connectivity index (χ0n) is 14.6. The molecule has 1 unspecified atom stereocenters. The molecule has 0 bridgehead atoms. The Bertz CT molecular complexity index is 734. The van der Waals surface area contributed by atoms with E-state index in [-0.39, 0.29) is 5.91 Å². The van der Waals surface area contributed by atoms with Gasteiger partial charge >= 0.3 is 0 Å². The van der Waals surface area contributed by atoms with E-state index in [0.29, 0.717) is 13.0 Å². The van der Waals surface area contributed by atoms with Crippen molar-refractivity contribution in [3.05, 3.63) is 41.7 Å². The first-order valence-electron chi connectivity index (χ1n) is 8.48. The van der Waals surface area contributed by atoms with E-state index < -0.39 is 11.6 Å². The molecule has 1 fully saturated rings. The van der Waals surface area contributed by atoms with Crippen molar-refractivity contribution in [3.63, 3.8) is 0 Å². The Morgan fingerprint density at radius 1 is 1.33 bits per heavy atom. The number of benzene rings is 1. The predicted molar refractivity (Wildman–Crippen MR) is 94.9 cm³/mol. The van der Waals surface area contributed by atoms with Crippen molar-refractivity contribution in [2.24, 2.45) is 0 Å². The number of pyridine rings is 1. The minimum atomic E-state index is -0.578. The van der Waals surface area contributed by atoms with Gasteiger partial charge in [-0.15, -0.1) is 0 Å². The summed E-state index contributed by atoms with van der Waals surface area (Å²) in [6.45, 7) is 8.11. The highest BCUT2D eigenvalue weighted by molar-refractivity contribution is 5.87. The van der Waals surface area contributed by atoms with Crippen molar-refractivity contribution in [3.8, 4) is 0 Å². The zero-order valence-corrected chi connectivity index (χ0v) is 14.6. The molecule has 24 heavy (non-hydrogen) atoms. The molecule has 1 aliphatic heterocycles. The number of fused-ring (bicyclic) bond motifs is 1. The van der Waals surface area contributed by atoms with Crippen molar-refractivity contribution >= 4 is 16.7 Å². The van der Waals surface area contributed by atoms with Gasteiger partial charge in [-0.1, -0.05) is 24.3 Å². The van der Waals surface area contributed by atoms with Crippen molar-refractivity contribution in [2.45, 2.75) is 38.8 Å². The first kappa shape index (κ1) is 16.9. The Balaban J connectivity index is 1.88. The van der Waals surface area contributed by atoms with Crippen LogP contribution in [0.15, 0.2) is 30.3 Å². The van der Waals surface area contributed by atoms with Gasteiger partial charge < -0.3 is 15.4 Å². The highest BCUT2D eigenvalue weighted by Gasteiger charge is 2.30. The van der Waals surface area contributed by atoms with E-state index in [4.69, 9.17) is 9.72 Å². The SMILES string of the molecule is Cc1cc2ccccc2c(C(C)(C)NC(=O)C2CCNCCO2)n1. The summed E-state index contributed by atoms with van der Waals surface area (Å²) in [7, 11) is 0. The van der Waals surface area contributed by atoms with Crippen LogP contribution < -0.4 is 10.6 Å². The molecule has 1 aromatic carbocycles. The third-order valence-electron chi connectivity index (χ3n) is 4.37. The average molecular weight is 327 g/mol. The van der Waals surface area contributed by atoms with Crippen LogP contribution in [0.5, 0.6) is 0 Å². The molecular formula is C19H25N3O2. The van der Waals surface area contributed by atoms with Crippen LogP contribution >= 0.6 is 0 Å². The maximum Gasteiger partial charge on any atom is 0.249 e. The third-order valence-corrected chi connectivity index (χ3v) is 4.37. The largest absolute Gasteiger partial charge is 0.367 e. The Hall–Kier alpha value is -1.98. The molecule has 1 aromatic heterocycles. The van der Waals surface area contributed by atoms with E-state index in [1.807, 2.05) is 32.9 Å². The molecule has 1 aliphatic rings. The monoisotopic (exact) mass is 327 g/mol. The Kier molecular flexibility index (Phi) is 4.83. The number of carbonyl (C=O) groups excluding carboxylic acids is 1. The molecule has 2 N–H and O–H groups in total. The number of ether oxygens (including phenoxy) is 1. The third kappa shape index (κ3) is 3.57. The lowest BCUT2D eigenvalue weighted by Crippen LogP contribution is -2.47. The van der Waals surface area contributed by atoms with Gasteiger partial charge in [-0.3, -0.25) is 9.78 Å². The van der Waals surface area contributed by atoms with Crippen molar-refractivity contribution < 1.29 is 9.53 Å². The lowest BCUT2D eigenvalue weighted by molar-refractivity contribution is -0.134. The number of aryl methyl sites for hydroxylation is 1. The quantitative estimate of drug-likeness (QED) is 0.908. The molecule has 2 heterocycles. The van der Waals surface area contributed by atoms with Gasteiger partial charge in [-0.25, -0.2) is 0 Å². The fraction of sp³-hybridized carbons (Fsp3) is 0.474. The van der Waals surface area contributed by atoms with Gasteiger partial charge in [0.05, 0.1) is 17.8 Å². The van der Waals surface area contributed by atoms with E-state index in [0.717, 1.165) is 35.2 Å². The van der Waals surface area contributed by atoms with Gasteiger partial charge in [-0.2, -0.15) is 0 Å². The highest BCUT2D eigenvalue weighted by Crippen LogP contribution is 2.27. The number of nitrogens with zero attached hydrogens (tertiary/aromatic N) is 1. The van der Waals surface area contributed by atoms with E-state index in [9.17, 15) is 4.79 Å². The standard InChI is InChI=1S/C19H25N3O2/c1-13-12-14-6-4-5-7-15(14)17(21-13)19(2,3)22-18(23)16-8-9-20-10-11-24-16/h4-7,12,16,20H,8-11H2,1-3H3,(H,22,23). The first-order chi connectivity index (χ1) is 11.5.